The summed E-state index contributed by atoms with van der Waals surface area (Å²) in [5.41, 5.74) is 3.64. The lowest BCUT2D eigenvalue weighted by Crippen LogP contribution is -2.46. The van der Waals surface area contributed by atoms with Gasteiger partial charge in [-0.25, -0.2) is 17.6 Å². The predicted octanol–water partition coefficient (Wildman–Crippen LogP) is 7.87. The van der Waals surface area contributed by atoms with Crippen LogP contribution in [0.3, 0.4) is 0 Å². The van der Waals surface area contributed by atoms with Crippen LogP contribution in [0.4, 0.5) is 4.39 Å². The molecule has 7 nitrogen and oxygen atoms in total. The Morgan fingerprint density at radius 1 is 0.915 bits per heavy atom. The number of halogens is 1. The van der Waals surface area contributed by atoms with Gasteiger partial charge < -0.3 is 14.1 Å². The Bertz CT molecular complexity index is 1880. The molecule has 0 radical (unpaired) electrons. The Labute approximate surface area is 278 Å². The minimum atomic E-state index is -4.17. The highest BCUT2D eigenvalue weighted by atomic mass is 32.2. The predicted molar refractivity (Wildman–Crippen MR) is 186 cm³/mol. The Hall–Kier alpha value is -4.41. The molecule has 2 aliphatic rings. The number of ether oxygens (including phenoxy) is 1. The number of methoxy groups -OCH3 is 1. The lowest BCUT2D eigenvalue weighted by atomic mass is 9.94. The Morgan fingerprint density at radius 2 is 1.53 bits per heavy atom. The molecule has 0 amide bonds. The summed E-state index contributed by atoms with van der Waals surface area (Å²) < 4.78 is 56.8. The molecule has 10 heteroatoms. The fourth-order valence-corrected chi connectivity index (χ4v) is 7.65. The van der Waals surface area contributed by atoms with Gasteiger partial charge in [-0.3, -0.25) is 4.31 Å². The van der Waals surface area contributed by atoms with Crippen molar-refractivity contribution in [1.29, 1.82) is 0 Å². The van der Waals surface area contributed by atoms with E-state index in [1.54, 1.807) is 42.6 Å². The fraction of sp³-hybridized carbons (Fsp3) is 0.270. The molecule has 246 valence electrons. The van der Waals surface area contributed by atoms with Crippen molar-refractivity contribution in [3.63, 3.8) is 0 Å². The summed E-state index contributed by atoms with van der Waals surface area (Å²) in [6, 6.07) is 21.4. The van der Waals surface area contributed by atoms with Gasteiger partial charge in [-0.05, 0) is 78.7 Å². The molecule has 3 aromatic rings. The fourth-order valence-electron chi connectivity index (χ4n) is 5.28. The van der Waals surface area contributed by atoms with E-state index in [9.17, 15) is 17.6 Å². The molecule has 0 aliphatic carbocycles. The van der Waals surface area contributed by atoms with Crippen LogP contribution in [0, 0.1) is 12.7 Å². The molecular weight excluding hydrogens is 632 g/mol. The van der Waals surface area contributed by atoms with E-state index in [0.717, 1.165) is 5.56 Å². The Morgan fingerprint density at radius 3 is 2.13 bits per heavy atom. The molecule has 0 bridgehead atoms. The van der Waals surface area contributed by atoms with E-state index in [-0.39, 0.29) is 33.6 Å². The van der Waals surface area contributed by atoms with Crippen LogP contribution in [-0.2, 0) is 24.0 Å². The van der Waals surface area contributed by atoms with Crippen molar-refractivity contribution >= 4 is 35.7 Å². The van der Waals surface area contributed by atoms with Gasteiger partial charge in [-0.2, -0.15) is 0 Å². The highest BCUT2D eigenvalue weighted by Crippen LogP contribution is 2.43. The number of allylic oxidation sites excluding steroid dienone is 2. The quantitative estimate of drug-likeness (QED) is 0.188. The molecule has 5 rings (SSSR count). The van der Waals surface area contributed by atoms with Crippen LogP contribution in [-0.4, -0.2) is 51.6 Å². The number of hydrogen-bond donors (Lipinski definition) is 0. The molecule has 0 fully saturated rings. The molecule has 1 unspecified atom stereocenters. The van der Waals surface area contributed by atoms with Crippen LogP contribution in [0.1, 0.15) is 37.5 Å². The average Bonchev–Trinajstić information content (AvgIpc) is 3.02. The summed E-state index contributed by atoms with van der Waals surface area (Å²) in [6.45, 7) is 12.0. The second-order valence-corrected chi connectivity index (χ2v) is 19.8. The first-order valence-electron chi connectivity index (χ1n) is 15.4. The van der Waals surface area contributed by atoms with Gasteiger partial charge in [0, 0.05) is 11.9 Å². The number of benzene rings is 3. The van der Waals surface area contributed by atoms with Crippen LogP contribution in [0.2, 0.25) is 18.1 Å². The highest BCUT2D eigenvalue weighted by molar-refractivity contribution is 7.89. The first-order valence-corrected chi connectivity index (χ1v) is 19.8. The number of esters is 1. The van der Waals surface area contributed by atoms with Crippen molar-refractivity contribution in [2.45, 2.75) is 56.8 Å². The van der Waals surface area contributed by atoms with Crippen LogP contribution in [0.25, 0.3) is 11.4 Å². The van der Waals surface area contributed by atoms with Crippen molar-refractivity contribution in [2.75, 3.05) is 13.7 Å². The van der Waals surface area contributed by atoms with Gasteiger partial charge in [0.05, 0.1) is 30.3 Å². The standard InChI is InChI=1S/C37H41FN2O5SSi/c1-26-16-22-30(23-17-26)46(42,43)39-24-33(27-12-9-8-10-13-27)40-31(28-18-20-29(38)21-19-28)14-11-15-32(40)35(36(41)44-5)34(25-39)45-47(6,7)37(2,3)4/h8-24,32H,25H2,1-7H3/b33-24-,35-34-. The van der Waals surface area contributed by atoms with E-state index in [1.165, 1.54) is 23.5 Å². The van der Waals surface area contributed by atoms with Crippen LogP contribution >= 0.6 is 0 Å². The number of rotatable bonds is 7. The topological polar surface area (TPSA) is 76.1 Å². The maximum atomic E-state index is 14.6. The smallest absolute Gasteiger partial charge is 0.339 e. The van der Waals surface area contributed by atoms with Crippen LogP contribution in [0.15, 0.2) is 120 Å². The van der Waals surface area contributed by atoms with Crippen molar-refractivity contribution in [1.82, 2.24) is 9.21 Å². The normalized spacial score (nSPS) is 20.0. The van der Waals surface area contributed by atoms with Gasteiger partial charge in [0.25, 0.3) is 10.0 Å². The van der Waals surface area contributed by atoms with E-state index in [1.807, 2.05) is 60.4 Å². The summed E-state index contributed by atoms with van der Waals surface area (Å²) in [5.74, 6) is -0.803. The summed E-state index contributed by atoms with van der Waals surface area (Å²) in [5, 5.41) is -0.267. The number of aryl methyl sites for hydroxylation is 1. The molecule has 2 aliphatic heterocycles. The molecule has 1 atom stereocenters. The zero-order chi connectivity index (χ0) is 34.1. The van der Waals surface area contributed by atoms with Gasteiger partial charge in [0.15, 0.2) is 0 Å². The van der Waals surface area contributed by atoms with Gasteiger partial charge >= 0.3 is 5.97 Å². The third-order valence-corrected chi connectivity index (χ3v) is 15.0. The summed E-state index contributed by atoms with van der Waals surface area (Å²) in [6.07, 6.45) is 7.19. The maximum Gasteiger partial charge on any atom is 0.339 e. The molecule has 0 spiro atoms. The Balaban J connectivity index is 1.86. The molecule has 0 saturated carbocycles. The van der Waals surface area contributed by atoms with Crippen molar-refractivity contribution in [3.8, 4) is 0 Å². The second-order valence-electron chi connectivity index (χ2n) is 13.2. The number of nitrogens with zero attached hydrogens (tertiary/aromatic N) is 2. The van der Waals surface area contributed by atoms with Gasteiger partial charge in [-0.1, -0.05) is 81.0 Å². The van der Waals surface area contributed by atoms with E-state index >= 15 is 0 Å². The number of carbonyl (C=O) groups excluding carboxylic acids is 1. The van der Waals surface area contributed by atoms with E-state index in [0.29, 0.717) is 22.5 Å². The lowest BCUT2D eigenvalue weighted by Gasteiger charge is -2.43. The van der Waals surface area contributed by atoms with Crippen LogP contribution < -0.4 is 0 Å². The SMILES string of the molecule is COC(=O)/C1=C(\O[Si](C)(C)C(C)(C)C)CN(S(=O)(=O)c2ccc(C)cc2)/C=C(/c2ccccc2)N2C(c3ccc(F)cc3)=CC=CC12. The summed E-state index contributed by atoms with van der Waals surface area (Å²) in [4.78, 5) is 16.0. The van der Waals surface area contributed by atoms with Gasteiger partial charge in [0.1, 0.15) is 17.1 Å². The number of fused-ring (bicyclic) bond motifs is 1. The molecule has 0 aromatic heterocycles. The largest absolute Gasteiger partial charge is 0.545 e. The second kappa shape index (κ2) is 13.0. The first-order chi connectivity index (χ1) is 22.1. The monoisotopic (exact) mass is 672 g/mol. The Kier molecular flexibility index (Phi) is 9.39. The summed E-state index contributed by atoms with van der Waals surface area (Å²) >= 11 is 0. The van der Waals surface area contributed by atoms with E-state index in [4.69, 9.17) is 9.16 Å². The van der Waals surface area contributed by atoms with Crippen LogP contribution in [0.5, 0.6) is 0 Å². The maximum absolute atomic E-state index is 14.6. The average molecular weight is 673 g/mol. The molecule has 3 aromatic carbocycles. The zero-order valence-electron chi connectivity index (χ0n) is 27.8. The number of carbonyl (C=O) groups is 1. The summed E-state index contributed by atoms with van der Waals surface area (Å²) in [7, 11) is -5.50. The minimum Gasteiger partial charge on any atom is -0.545 e. The number of sulfonamides is 1. The van der Waals surface area contributed by atoms with Crippen molar-refractivity contribution in [2.24, 2.45) is 0 Å². The third kappa shape index (κ3) is 6.84. The van der Waals surface area contributed by atoms with Crippen molar-refractivity contribution < 1.29 is 26.8 Å². The van der Waals surface area contributed by atoms with E-state index in [2.05, 4.69) is 33.9 Å². The van der Waals surface area contributed by atoms with Crippen molar-refractivity contribution in [3.05, 3.63) is 137 Å². The number of hydrogen-bond acceptors (Lipinski definition) is 6. The molecule has 0 saturated heterocycles. The zero-order valence-corrected chi connectivity index (χ0v) is 29.6. The van der Waals surface area contributed by atoms with Gasteiger partial charge in [0.2, 0.25) is 8.32 Å². The molecular formula is C37H41FN2O5SSi. The lowest BCUT2D eigenvalue weighted by molar-refractivity contribution is -0.136. The van der Waals surface area contributed by atoms with Gasteiger partial charge in [-0.15, -0.1) is 0 Å². The molecule has 2 heterocycles. The minimum absolute atomic E-state index is 0.100. The van der Waals surface area contributed by atoms with E-state index < -0.39 is 30.4 Å². The highest BCUT2D eigenvalue weighted by Gasteiger charge is 2.44. The third-order valence-electron chi connectivity index (χ3n) is 8.93. The molecule has 47 heavy (non-hydrogen) atoms. The first kappa shape index (κ1) is 33.9. The molecule has 0 N–H and O–H groups in total.